The van der Waals surface area contributed by atoms with Gasteiger partial charge in [0.25, 0.3) is 0 Å². The third-order valence-corrected chi connectivity index (χ3v) is 6.97. The Balaban J connectivity index is 1.68. The first-order chi connectivity index (χ1) is 17.1. The number of esters is 2. The first-order valence-electron chi connectivity index (χ1n) is 12.3. The zero-order valence-electron chi connectivity index (χ0n) is 21.3. The van der Waals surface area contributed by atoms with E-state index in [4.69, 9.17) is 30.5 Å². The zero-order valence-corrected chi connectivity index (χ0v) is 22.1. The highest BCUT2D eigenvalue weighted by Gasteiger charge is 2.43. The summed E-state index contributed by atoms with van der Waals surface area (Å²) in [6, 6.07) is 5.67. The molecule has 2 aliphatic carbocycles. The summed E-state index contributed by atoms with van der Waals surface area (Å²) in [7, 11) is 0. The SMILES string of the molecule is C=C(C)C(=O)OC(C)COc1c2c(c(OCC(C)OC(=O)C(=C)C)c3cc(Cl)ccc13)C1CCC2C1. The number of fused-ring (bicyclic) bond motifs is 6. The lowest BCUT2D eigenvalue weighted by molar-refractivity contribution is -0.145. The Morgan fingerprint density at radius 1 is 0.889 bits per heavy atom. The van der Waals surface area contributed by atoms with Crippen LogP contribution >= 0.6 is 11.6 Å². The minimum Gasteiger partial charge on any atom is -0.489 e. The molecule has 4 unspecified atom stereocenters. The third-order valence-electron chi connectivity index (χ3n) is 6.74. The van der Waals surface area contributed by atoms with Gasteiger partial charge in [0.2, 0.25) is 0 Å². The highest BCUT2D eigenvalue weighted by Crippen LogP contribution is 2.61. The fourth-order valence-corrected chi connectivity index (χ4v) is 5.27. The van der Waals surface area contributed by atoms with Gasteiger partial charge in [0.1, 0.15) is 36.9 Å². The number of halogens is 1. The number of carbonyl (C=O) groups excluding carboxylic acids is 2. The molecule has 6 nitrogen and oxygen atoms in total. The molecule has 36 heavy (non-hydrogen) atoms. The molecular formula is C29H33ClO6. The van der Waals surface area contributed by atoms with Crippen molar-refractivity contribution >= 4 is 34.3 Å². The van der Waals surface area contributed by atoms with Crippen molar-refractivity contribution in [2.75, 3.05) is 13.2 Å². The van der Waals surface area contributed by atoms with Crippen LogP contribution in [0.1, 0.15) is 69.9 Å². The highest BCUT2D eigenvalue weighted by molar-refractivity contribution is 6.31. The van der Waals surface area contributed by atoms with E-state index in [0.29, 0.717) is 28.0 Å². The van der Waals surface area contributed by atoms with Gasteiger partial charge in [0.05, 0.1) is 0 Å². The first kappa shape index (κ1) is 26.1. The second kappa shape index (κ2) is 10.6. The monoisotopic (exact) mass is 512 g/mol. The van der Waals surface area contributed by atoms with Gasteiger partial charge in [-0.1, -0.05) is 24.8 Å². The molecule has 0 radical (unpaired) electrons. The summed E-state index contributed by atoms with van der Waals surface area (Å²) in [6.07, 6.45) is 2.35. The summed E-state index contributed by atoms with van der Waals surface area (Å²) in [5, 5.41) is 2.34. The van der Waals surface area contributed by atoms with Gasteiger partial charge in [-0.3, -0.25) is 0 Å². The lowest BCUT2D eigenvalue weighted by atomic mass is 9.87. The molecule has 2 aromatic carbocycles. The minimum absolute atomic E-state index is 0.207. The molecule has 0 aromatic heterocycles. The van der Waals surface area contributed by atoms with Gasteiger partial charge in [-0.25, -0.2) is 9.59 Å². The number of hydrogen-bond acceptors (Lipinski definition) is 6. The van der Waals surface area contributed by atoms with Crippen LogP contribution in [0.15, 0.2) is 42.5 Å². The molecule has 4 atom stereocenters. The number of hydrogen-bond donors (Lipinski definition) is 0. The minimum atomic E-state index is -0.447. The maximum Gasteiger partial charge on any atom is 0.333 e. The second-order valence-corrected chi connectivity index (χ2v) is 10.4. The number of ether oxygens (including phenoxy) is 4. The van der Waals surface area contributed by atoms with Crippen molar-refractivity contribution in [3.63, 3.8) is 0 Å². The average molecular weight is 513 g/mol. The van der Waals surface area contributed by atoms with Crippen molar-refractivity contribution < 1.29 is 28.5 Å². The van der Waals surface area contributed by atoms with Crippen LogP contribution in [0, 0.1) is 0 Å². The Morgan fingerprint density at radius 2 is 1.36 bits per heavy atom. The second-order valence-electron chi connectivity index (χ2n) is 10.00. The van der Waals surface area contributed by atoms with Gasteiger partial charge in [0.15, 0.2) is 0 Å². The average Bonchev–Trinajstić information content (AvgIpc) is 3.43. The molecule has 2 aromatic rings. The Kier molecular flexibility index (Phi) is 7.65. The van der Waals surface area contributed by atoms with Crippen molar-refractivity contribution in [2.24, 2.45) is 0 Å². The molecule has 1 fully saturated rings. The quantitative estimate of drug-likeness (QED) is 0.263. The van der Waals surface area contributed by atoms with Crippen LogP contribution in [0.4, 0.5) is 0 Å². The predicted molar refractivity (Wildman–Crippen MR) is 140 cm³/mol. The van der Waals surface area contributed by atoms with Crippen LogP contribution in [0.3, 0.4) is 0 Å². The van der Waals surface area contributed by atoms with Gasteiger partial charge >= 0.3 is 11.9 Å². The van der Waals surface area contributed by atoms with Crippen molar-refractivity contribution in [1.29, 1.82) is 0 Å². The predicted octanol–water partition coefficient (Wildman–Crippen LogP) is 6.63. The van der Waals surface area contributed by atoms with E-state index >= 15 is 0 Å². The Bertz CT molecular complexity index is 1230. The summed E-state index contributed by atoms with van der Waals surface area (Å²) >= 11 is 6.41. The van der Waals surface area contributed by atoms with Crippen molar-refractivity contribution in [2.45, 2.75) is 71.0 Å². The standard InChI is InChI=1S/C29H33ClO6/c1-15(2)28(31)35-17(5)13-33-26-22-10-9-21(30)12-23(22)27(25-20-8-7-19(11-20)24(25)26)34-14-18(6)36-29(32)16(3)4/h9-10,12,17-20H,1,3,7-8,11,13-14H2,2,4-6H3. The molecule has 2 aliphatic rings. The van der Waals surface area contributed by atoms with Crippen molar-refractivity contribution in [3.05, 3.63) is 58.7 Å². The molecule has 0 N–H and O–H groups in total. The lowest BCUT2D eigenvalue weighted by Crippen LogP contribution is -2.23. The Morgan fingerprint density at radius 3 is 1.83 bits per heavy atom. The van der Waals surface area contributed by atoms with E-state index < -0.39 is 24.1 Å². The van der Waals surface area contributed by atoms with Gasteiger partial charge in [-0.05, 0) is 77.0 Å². The smallest absolute Gasteiger partial charge is 0.333 e. The maximum absolute atomic E-state index is 11.9. The first-order valence-corrected chi connectivity index (χ1v) is 12.7. The van der Waals surface area contributed by atoms with E-state index in [1.165, 1.54) is 5.56 Å². The number of carbonyl (C=O) groups is 2. The topological polar surface area (TPSA) is 71.1 Å². The van der Waals surface area contributed by atoms with Crippen LogP contribution in [-0.2, 0) is 19.1 Å². The molecule has 4 rings (SSSR count). The molecule has 2 bridgehead atoms. The van der Waals surface area contributed by atoms with Crippen LogP contribution in [-0.4, -0.2) is 37.4 Å². The van der Waals surface area contributed by atoms with Crippen molar-refractivity contribution in [1.82, 2.24) is 0 Å². The Labute approximate surface area is 217 Å². The molecule has 1 saturated carbocycles. The highest BCUT2D eigenvalue weighted by atomic mass is 35.5. The zero-order chi connectivity index (χ0) is 26.1. The maximum atomic E-state index is 11.9. The normalized spacial score (nSPS) is 19.4. The van der Waals surface area contributed by atoms with Gasteiger partial charge in [-0.15, -0.1) is 0 Å². The molecule has 0 aliphatic heterocycles. The lowest BCUT2D eigenvalue weighted by Gasteiger charge is -2.26. The summed E-state index contributed by atoms with van der Waals surface area (Å²) in [5.74, 6) is 1.47. The van der Waals surface area contributed by atoms with Crippen LogP contribution < -0.4 is 9.47 Å². The molecular weight excluding hydrogens is 480 g/mol. The number of rotatable bonds is 10. The van der Waals surface area contributed by atoms with E-state index in [9.17, 15) is 9.59 Å². The van der Waals surface area contributed by atoms with Crippen LogP contribution in [0.25, 0.3) is 10.8 Å². The molecule has 0 saturated heterocycles. The summed E-state index contributed by atoms with van der Waals surface area (Å²) in [6.45, 7) is 14.5. The van der Waals surface area contributed by atoms with E-state index in [2.05, 4.69) is 13.2 Å². The summed E-state index contributed by atoms with van der Waals surface area (Å²) < 4.78 is 23.6. The van der Waals surface area contributed by atoms with Crippen LogP contribution in [0.5, 0.6) is 11.5 Å². The third kappa shape index (κ3) is 5.24. The Hall–Kier alpha value is -2.99. The fourth-order valence-electron chi connectivity index (χ4n) is 5.10. The van der Waals surface area contributed by atoms with Gasteiger partial charge in [0, 0.05) is 38.1 Å². The fraction of sp³-hybridized carbons (Fsp3) is 0.448. The largest absolute Gasteiger partial charge is 0.489 e. The van der Waals surface area contributed by atoms with E-state index in [0.717, 1.165) is 47.1 Å². The van der Waals surface area contributed by atoms with Gasteiger partial charge in [-0.2, -0.15) is 0 Å². The number of benzene rings is 2. The molecule has 0 amide bonds. The van der Waals surface area contributed by atoms with E-state index in [-0.39, 0.29) is 13.2 Å². The summed E-state index contributed by atoms with van der Waals surface area (Å²) in [5.41, 5.74) is 3.02. The van der Waals surface area contributed by atoms with Crippen molar-refractivity contribution in [3.8, 4) is 11.5 Å². The van der Waals surface area contributed by atoms with Gasteiger partial charge < -0.3 is 18.9 Å². The molecule has 0 heterocycles. The van der Waals surface area contributed by atoms with E-state index in [1.807, 2.05) is 18.2 Å². The van der Waals surface area contributed by atoms with Crippen LogP contribution in [0.2, 0.25) is 5.02 Å². The van der Waals surface area contributed by atoms with E-state index in [1.54, 1.807) is 27.7 Å². The molecule has 7 heteroatoms. The molecule has 0 spiro atoms. The molecule has 192 valence electrons. The summed E-state index contributed by atoms with van der Waals surface area (Å²) in [4.78, 5) is 23.9.